The van der Waals surface area contributed by atoms with Crippen LogP contribution < -0.4 is 0 Å². The lowest BCUT2D eigenvalue weighted by molar-refractivity contribution is -0.150. The van der Waals surface area contributed by atoms with Gasteiger partial charge in [-0.25, -0.2) is 4.79 Å². The maximum Gasteiger partial charge on any atom is 0.375 e. The van der Waals surface area contributed by atoms with Crippen molar-refractivity contribution in [1.82, 2.24) is 0 Å². The summed E-state index contributed by atoms with van der Waals surface area (Å²) < 4.78 is 0. The summed E-state index contributed by atoms with van der Waals surface area (Å²) in [6.45, 7) is 0. The highest BCUT2D eigenvalue weighted by molar-refractivity contribution is 6.37. The Kier molecular flexibility index (Phi) is 2.89. The molecule has 0 spiro atoms. The van der Waals surface area contributed by atoms with Crippen LogP contribution in [-0.2, 0) is 14.4 Å². The van der Waals surface area contributed by atoms with Crippen LogP contribution in [0.25, 0.3) is 0 Å². The van der Waals surface area contributed by atoms with Crippen LogP contribution in [0.5, 0.6) is 0 Å². The molecule has 0 aliphatic carbocycles. The fourth-order valence-corrected chi connectivity index (χ4v) is 0.261. The minimum Gasteiger partial charge on any atom is -0.475 e. The average molecular weight is 145 g/mol. The third kappa shape index (κ3) is 1.73. The fourth-order valence-electron chi connectivity index (χ4n) is 0.261. The van der Waals surface area contributed by atoms with Gasteiger partial charge in [-0.3, -0.25) is 4.79 Å². The normalized spacial score (nSPS) is 11.6. The summed E-state index contributed by atoms with van der Waals surface area (Å²) in [5, 5.41) is 9.89. The van der Waals surface area contributed by atoms with Gasteiger partial charge in [-0.15, -0.1) is 4.91 Å². The summed E-state index contributed by atoms with van der Waals surface area (Å²) >= 11 is 0. The Morgan fingerprint density at radius 1 is 1.50 bits per heavy atom. The number of carboxylic acid groups (broad SMARTS) is 1. The molecule has 0 aromatic carbocycles. The van der Waals surface area contributed by atoms with Crippen LogP contribution in [-0.4, -0.2) is 29.2 Å². The van der Waals surface area contributed by atoms with Crippen molar-refractivity contribution >= 4 is 18.0 Å². The number of rotatable bonds is 4. The van der Waals surface area contributed by atoms with Crippen LogP contribution in [0.1, 0.15) is 0 Å². The lowest BCUT2D eigenvalue weighted by atomic mass is 10.2. The molecule has 6 heteroatoms. The predicted octanol–water partition coefficient (Wildman–Crippen LogP) is -1.03. The second kappa shape index (κ2) is 3.44. The average Bonchev–Trinajstić information content (AvgIpc) is 1.90. The molecule has 0 aliphatic heterocycles. The van der Waals surface area contributed by atoms with Gasteiger partial charge in [0.2, 0.25) is 6.04 Å². The van der Waals surface area contributed by atoms with Crippen molar-refractivity contribution in [1.29, 1.82) is 0 Å². The standard InChI is InChI=1S/C4H3NO5/c6-1-2(5-10)3(7)4(8)9/h1-2H,(H,8,9). The molecule has 0 aromatic heterocycles. The predicted molar refractivity (Wildman–Crippen MR) is 28.3 cm³/mol. The van der Waals surface area contributed by atoms with Crippen molar-refractivity contribution in [2.24, 2.45) is 5.18 Å². The van der Waals surface area contributed by atoms with E-state index in [9.17, 15) is 19.3 Å². The monoisotopic (exact) mass is 145 g/mol. The highest BCUT2D eigenvalue weighted by Crippen LogP contribution is 1.87. The Morgan fingerprint density at radius 3 is 2.10 bits per heavy atom. The van der Waals surface area contributed by atoms with Gasteiger partial charge in [0.15, 0.2) is 6.29 Å². The van der Waals surface area contributed by atoms with E-state index in [0.29, 0.717) is 0 Å². The molecule has 1 atom stereocenters. The largest absolute Gasteiger partial charge is 0.475 e. The van der Waals surface area contributed by atoms with E-state index >= 15 is 0 Å². The highest BCUT2D eigenvalue weighted by Gasteiger charge is 2.24. The first-order valence-corrected chi connectivity index (χ1v) is 2.18. The van der Waals surface area contributed by atoms with Crippen LogP contribution in [0.2, 0.25) is 0 Å². The molecule has 0 aliphatic rings. The fraction of sp³-hybridized carbons (Fsp3) is 0.250. The van der Waals surface area contributed by atoms with Crippen molar-refractivity contribution in [2.75, 3.05) is 0 Å². The van der Waals surface area contributed by atoms with Gasteiger partial charge in [0.25, 0.3) is 5.78 Å². The number of Topliss-reactive ketones (excluding diaryl/α,β-unsaturated/α-hetero) is 1. The third-order valence-corrected chi connectivity index (χ3v) is 0.722. The number of carbonyl (C=O) groups is 3. The summed E-state index contributed by atoms with van der Waals surface area (Å²) in [6.07, 6.45) is -0.122. The molecule has 0 fully saturated rings. The summed E-state index contributed by atoms with van der Waals surface area (Å²) in [5.41, 5.74) is 0. The molecular formula is C4H3NO5. The lowest BCUT2D eigenvalue weighted by Crippen LogP contribution is -2.27. The first kappa shape index (κ1) is 8.41. The Morgan fingerprint density at radius 2 is 2.00 bits per heavy atom. The minimum atomic E-state index is -1.91. The third-order valence-electron chi connectivity index (χ3n) is 0.722. The van der Waals surface area contributed by atoms with E-state index in [0.717, 1.165) is 0 Å². The van der Waals surface area contributed by atoms with Crippen LogP contribution in [0.4, 0.5) is 0 Å². The van der Waals surface area contributed by atoms with Crippen LogP contribution in [0.3, 0.4) is 0 Å². The molecule has 0 aromatic rings. The van der Waals surface area contributed by atoms with Crippen LogP contribution in [0.15, 0.2) is 5.18 Å². The van der Waals surface area contributed by atoms with E-state index in [2.05, 4.69) is 0 Å². The van der Waals surface area contributed by atoms with Crippen molar-refractivity contribution in [3.8, 4) is 0 Å². The van der Waals surface area contributed by atoms with Crippen LogP contribution >= 0.6 is 0 Å². The number of ketones is 1. The van der Waals surface area contributed by atoms with Crippen molar-refractivity contribution in [3.63, 3.8) is 0 Å². The molecule has 0 rings (SSSR count). The number of nitrogens with zero attached hydrogens (tertiary/aromatic N) is 1. The molecule has 1 N–H and O–H groups in total. The first-order chi connectivity index (χ1) is 4.63. The van der Waals surface area contributed by atoms with E-state index in [1.165, 1.54) is 0 Å². The van der Waals surface area contributed by atoms with E-state index < -0.39 is 17.8 Å². The molecule has 0 radical (unpaired) electrons. The van der Waals surface area contributed by atoms with Gasteiger partial charge in [0.05, 0.1) is 0 Å². The van der Waals surface area contributed by atoms with Crippen LogP contribution in [0, 0.1) is 4.91 Å². The molecule has 6 nitrogen and oxygen atoms in total. The molecule has 0 amide bonds. The second-order valence-corrected chi connectivity index (χ2v) is 1.36. The molecule has 54 valence electrons. The SMILES string of the molecule is O=CC(N=O)C(=O)C(=O)O. The highest BCUT2D eigenvalue weighted by atomic mass is 16.4. The molecule has 10 heavy (non-hydrogen) atoms. The molecule has 1 unspecified atom stereocenters. The maximum absolute atomic E-state index is 10.2. The quantitative estimate of drug-likeness (QED) is 0.236. The Bertz CT molecular complexity index is 178. The van der Waals surface area contributed by atoms with Gasteiger partial charge in [0.1, 0.15) is 0 Å². The van der Waals surface area contributed by atoms with Gasteiger partial charge in [-0.2, -0.15) is 0 Å². The number of hydrogen-bond donors (Lipinski definition) is 1. The molecule has 0 saturated heterocycles. The topological polar surface area (TPSA) is 101 Å². The maximum atomic E-state index is 10.2. The molecule has 0 bridgehead atoms. The van der Waals surface area contributed by atoms with Gasteiger partial charge >= 0.3 is 5.97 Å². The van der Waals surface area contributed by atoms with Gasteiger partial charge < -0.3 is 9.90 Å². The molecular weight excluding hydrogens is 142 g/mol. The first-order valence-electron chi connectivity index (χ1n) is 2.18. The Hall–Kier alpha value is -1.59. The summed E-state index contributed by atoms with van der Waals surface area (Å²) in [6, 6.07) is -1.91. The molecule has 0 heterocycles. The number of nitroso groups, excluding NO2 is 1. The number of carboxylic acids is 1. The van der Waals surface area contributed by atoms with Crippen molar-refractivity contribution < 1.29 is 19.5 Å². The molecule has 0 saturated carbocycles. The van der Waals surface area contributed by atoms with Gasteiger partial charge in [-0.05, 0) is 0 Å². The Labute approximate surface area is 54.8 Å². The van der Waals surface area contributed by atoms with E-state index in [1.807, 2.05) is 5.18 Å². The van der Waals surface area contributed by atoms with E-state index in [-0.39, 0.29) is 6.29 Å². The van der Waals surface area contributed by atoms with Crippen molar-refractivity contribution in [3.05, 3.63) is 4.91 Å². The summed E-state index contributed by atoms with van der Waals surface area (Å²) in [4.78, 5) is 39.2. The zero-order valence-electron chi connectivity index (χ0n) is 4.68. The lowest BCUT2D eigenvalue weighted by Gasteiger charge is -1.91. The zero-order valence-corrected chi connectivity index (χ0v) is 4.68. The second-order valence-electron chi connectivity index (χ2n) is 1.36. The number of aldehydes is 1. The number of aliphatic carboxylic acids is 1. The summed E-state index contributed by atoms with van der Waals surface area (Å²) in [7, 11) is 0. The Balaban J connectivity index is 4.29. The van der Waals surface area contributed by atoms with Crippen molar-refractivity contribution in [2.45, 2.75) is 6.04 Å². The zero-order chi connectivity index (χ0) is 8.15. The van der Waals surface area contributed by atoms with E-state index in [1.54, 1.807) is 0 Å². The number of carbonyl (C=O) groups excluding carboxylic acids is 2. The minimum absolute atomic E-state index is 0.122. The number of hydrogen-bond acceptors (Lipinski definition) is 5. The van der Waals surface area contributed by atoms with Gasteiger partial charge in [-0.1, -0.05) is 5.18 Å². The summed E-state index contributed by atoms with van der Waals surface area (Å²) in [5.74, 6) is -3.35. The smallest absolute Gasteiger partial charge is 0.375 e. The van der Waals surface area contributed by atoms with E-state index in [4.69, 9.17) is 5.11 Å². The van der Waals surface area contributed by atoms with Gasteiger partial charge in [0, 0.05) is 0 Å².